The third kappa shape index (κ3) is 5.29. The van der Waals surface area contributed by atoms with E-state index in [1.807, 2.05) is 24.3 Å². The molecule has 1 saturated heterocycles. The average molecular weight is 566 g/mol. The lowest BCUT2D eigenvalue weighted by Crippen LogP contribution is -2.49. The first-order valence-corrected chi connectivity index (χ1v) is 13.4. The topological polar surface area (TPSA) is 117 Å². The van der Waals surface area contributed by atoms with E-state index in [2.05, 4.69) is 31.5 Å². The summed E-state index contributed by atoms with van der Waals surface area (Å²) in [5.41, 5.74) is 0.813. The molecular weight excluding hydrogens is 538 g/mol. The number of likely N-dealkylation sites (tertiary alicyclic amines) is 1. The quantitative estimate of drug-likeness (QED) is 0.309. The second-order valence-electron chi connectivity index (χ2n) is 9.63. The van der Waals surface area contributed by atoms with Gasteiger partial charge in [0.25, 0.3) is 17.5 Å². The first-order valence-electron chi connectivity index (χ1n) is 12.6. The van der Waals surface area contributed by atoms with Gasteiger partial charge in [-0.25, -0.2) is 0 Å². The van der Waals surface area contributed by atoms with Crippen molar-refractivity contribution >= 4 is 49.9 Å². The predicted molar refractivity (Wildman–Crippen MR) is 145 cm³/mol. The molecule has 2 N–H and O–H groups in total. The van der Waals surface area contributed by atoms with Crippen LogP contribution < -0.4 is 10.6 Å². The Kier molecular flexibility index (Phi) is 7.36. The number of hydrogen-bond acceptors (Lipinski definition) is 6. The van der Waals surface area contributed by atoms with Crippen molar-refractivity contribution in [2.45, 2.75) is 50.6 Å². The van der Waals surface area contributed by atoms with Gasteiger partial charge in [0.05, 0.1) is 16.1 Å². The molecule has 0 radical (unpaired) electrons. The number of aromatic nitrogens is 1. The molecule has 1 aliphatic heterocycles. The normalized spacial score (nSPS) is 19.5. The van der Waals surface area contributed by atoms with E-state index in [0.29, 0.717) is 29.5 Å². The minimum absolute atomic E-state index is 0.161. The summed E-state index contributed by atoms with van der Waals surface area (Å²) in [5.74, 6) is -0.454. The Morgan fingerprint density at radius 1 is 1.00 bits per heavy atom. The van der Waals surface area contributed by atoms with Gasteiger partial charge in [0.2, 0.25) is 0 Å². The maximum Gasteiger partial charge on any atom is 0.294 e. The number of nitro groups is 1. The first kappa shape index (κ1) is 25.1. The van der Waals surface area contributed by atoms with Crippen molar-refractivity contribution in [2.24, 2.45) is 0 Å². The lowest BCUT2D eigenvalue weighted by atomic mass is 9.89. The van der Waals surface area contributed by atoms with Gasteiger partial charge in [-0.1, -0.05) is 53.0 Å². The lowest BCUT2D eigenvalue weighted by molar-refractivity contribution is -0.384. The number of nitro benzene ring substituents is 1. The SMILES string of the molecule is O=C(NC1CCCCC1Nc1c(C(=O)N2CCCC2)cc(Br)cc1[N+](=O)[O-])c1cncc2ccccc12. The molecule has 10 heteroatoms. The largest absolute Gasteiger partial charge is 0.374 e. The van der Waals surface area contributed by atoms with Gasteiger partial charge < -0.3 is 15.5 Å². The second-order valence-corrected chi connectivity index (χ2v) is 10.5. The molecule has 192 valence electrons. The van der Waals surface area contributed by atoms with Crippen molar-refractivity contribution in [1.29, 1.82) is 0 Å². The van der Waals surface area contributed by atoms with E-state index >= 15 is 0 Å². The van der Waals surface area contributed by atoms with Gasteiger partial charge in [-0.05, 0) is 37.1 Å². The Balaban J connectivity index is 1.45. The summed E-state index contributed by atoms with van der Waals surface area (Å²) < 4.78 is 0.476. The van der Waals surface area contributed by atoms with Crippen LogP contribution in [0.3, 0.4) is 0 Å². The first-order chi connectivity index (χ1) is 17.9. The predicted octanol–water partition coefficient (Wildman–Crippen LogP) is 5.29. The smallest absolute Gasteiger partial charge is 0.294 e. The van der Waals surface area contributed by atoms with Crippen LogP contribution in [0, 0.1) is 10.1 Å². The van der Waals surface area contributed by atoms with E-state index in [4.69, 9.17) is 0 Å². The van der Waals surface area contributed by atoms with Crippen molar-refractivity contribution in [2.75, 3.05) is 18.4 Å². The minimum Gasteiger partial charge on any atom is -0.374 e. The molecule has 2 aromatic carbocycles. The van der Waals surface area contributed by atoms with Gasteiger partial charge in [-0.2, -0.15) is 0 Å². The van der Waals surface area contributed by atoms with Crippen molar-refractivity contribution in [3.63, 3.8) is 0 Å². The van der Waals surface area contributed by atoms with Gasteiger partial charge >= 0.3 is 0 Å². The highest BCUT2D eigenvalue weighted by molar-refractivity contribution is 9.10. The van der Waals surface area contributed by atoms with E-state index in [-0.39, 0.29) is 40.8 Å². The van der Waals surface area contributed by atoms with Crippen LogP contribution in [0.5, 0.6) is 0 Å². The Labute approximate surface area is 222 Å². The van der Waals surface area contributed by atoms with Gasteiger partial charge in [0.15, 0.2) is 0 Å². The third-order valence-corrected chi connectivity index (χ3v) is 7.69. The number of nitrogens with zero attached hydrogens (tertiary/aromatic N) is 3. The fraction of sp³-hybridized carbons (Fsp3) is 0.370. The van der Waals surface area contributed by atoms with Gasteiger partial charge in [-0.3, -0.25) is 24.7 Å². The fourth-order valence-electron chi connectivity index (χ4n) is 5.35. The maximum atomic E-state index is 13.4. The van der Waals surface area contributed by atoms with E-state index < -0.39 is 4.92 Å². The summed E-state index contributed by atoms with van der Waals surface area (Å²) in [6.07, 6.45) is 8.41. The molecule has 5 rings (SSSR count). The number of carbonyl (C=O) groups excluding carboxylic acids is 2. The number of benzene rings is 2. The number of rotatable bonds is 6. The molecule has 1 aliphatic carbocycles. The number of anilines is 1. The molecule has 2 amide bonds. The number of halogens is 1. The van der Waals surface area contributed by atoms with Crippen LogP contribution >= 0.6 is 15.9 Å². The number of fused-ring (bicyclic) bond motifs is 1. The second kappa shape index (κ2) is 10.8. The fourth-order valence-corrected chi connectivity index (χ4v) is 5.80. The van der Waals surface area contributed by atoms with Crippen LogP contribution in [0.4, 0.5) is 11.4 Å². The Bertz CT molecular complexity index is 1350. The zero-order valence-electron chi connectivity index (χ0n) is 20.3. The molecule has 2 aliphatic rings. The summed E-state index contributed by atoms with van der Waals surface area (Å²) in [6.45, 7) is 1.28. The lowest BCUT2D eigenvalue weighted by Gasteiger charge is -2.34. The van der Waals surface area contributed by atoms with Crippen LogP contribution in [0.25, 0.3) is 10.8 Å². The molecular formula is C27H28BrN5O4. The summed E-state index contributed by atoms with van der Waals surface area (Å²) in [6, 6.07) is 10.1. The van der Waals surface area contributed by atoms with E-state index in [1.54, 1.807) is 23.4 Å². The van der Waals surface area contributed by atoms with Crippen molar-refractivity contribution < 1.29 is 14.5 Å². The molecule has 37 heavy (non-hydrogen) atoms. The Hall–Kier alpha value is -3.53. The maximum absolute atomic E-state index is 13.4. The third-order valence-electron chi connectivity index (χ3n) is 7.23. The highest BCUT2D eigenvalue weighted by Crippen LogP contribution is 2.36. The summed E-state index contributed by atoms with van der Waals surface area (Å²) in [4.78, 5) is 44.2. The average Bonchev–Trinajstić information content (AvgIpc) is 3.44. The van der Waals surface area contributed by atoms with E-state index in [9.17, 15) is 19.7 Å². The zero-order valence-corrected chi connectivity index (χ0v) is 21.9. The number of carbonyl (C=O) groups is 2. The molecule has 2 heterocycles. The summed E-state index contributed by atoms with van der Waals surface area (Å²) in [5, 5.41) is 20.2. The van der Waals surface area contributed by atoms with Crippen molar-refractivity contribution in [1.82, 2.24) is 15.2 Å². The molecule has 9 nitrogen and oxygen atoms in total. The highest BCUT2D eigenvalue weighted by atomic mass is 79.9. The molecule has 1 aromatic heterocycles. The number of pyridine rings is 1. The van der Waals surface area contributed by atoms with Gasteiger partial charge in [-0.15, -0.1) is 0 Å². The molecule has 2 fully saturated rings. The monoisotopic (exact) mass is 565 g/mol. The molecule has 2 atom stereocenters. The Morgan fingerprint density at radius 3 is 2.49 bits per heavy atom. The van der Waals surface area contributed by atoms with Crippen molar-refractivity contribution in [3.8, 4) is 0 Å². The van der Waals surface area contributed by atoms with E-state index in [1.165, 1.54) is 6.07 Å². The minimum atomic E-state index is -0.466. The standard InChI is InChI=1S/C27H28BrN5O4/c28-18-13-20(27(35)32-11-5-6-12-32)25(24(14-18)33(36)37)30-22-9-3-4-10-23(22)31-26(34)21-16-29-15-17-7-1-2-8-19(17)21/h1-2,7-8,13-16,22-23,30H,3-6,9-12H2,(H,31,34). The molecule has 1 saturated carbocycles. The van der Waals surface area contributed by atoms with E-state index in [0.717, 1.165) is 42.9 Å². The van der Waals surface area contributed by atoms with Crippen LogP contribution in [0.2, 0.25) is 0 Å². The van der Waals surface area contributed by atoms with Crippen LogP contribution in [0.15, 0.2) is 53.3 Å². The number of hydrogen-bond donors (Lipinski definition) is 2. The van der Waals surface area contributed by atoms with Crippen LogP contribution in [0.1, 0.15) is 59.2 Å². The summed E-state index contributed by atoms with van der Waals surface area (Å²) >= 11 is 3.34. The molecule has 0 spiro atoms. The van der Waals surface area contributed by atoms with Crippen molar-refractivity contribution in [3.05, 3.63) is 74.5 Å². The van der Waals surface area contributed by atoms with Crippen LogP contribution in [-0.4, -0.2) is 51.8 Å². The molecule has 2 unspecified atom stereocenters. The van der Waals surface area contributed by atoms with Gasteiger partial charge in [0.1, 0.15) is 5.69 Å². The summed E-state index contributed by atoms with van der Waals surface area (Å²) in [7, 11) is 0. The number of nitrogens with one attached hydrogen (secondary N) is 2. The van der Waals surface area contributed by atoms with Crippen LogP contribution in [-0.2, 0) is 0 Å². The molecule has 0 bridgehead atoms. The number of amides is 2. The highest BCUT2D eigenvalue weighted by Gasteiger charge is 2.33. The molecule has 3 aromatic rings. The van der Waals surface area contributed by atoms with Gasteiger partial charge in [0, 0.05) is 53.5 Å². The Morgan fingerprint density at radius 2 is 1.73 bits per heavy atom. The zero-order chi connectivity index (χ0) is 25.9.